The Labute approximate surface area is 173 Å². The SMILES string of the molecule is CC(=O)CC(=O)N1C/C(=N/OCc2ccc(Cl)c(Cl)c2)CC1C(=O)NC1CC1. The van der Waals surface area contributed by atoms with Gasteiger partial charge in [-0.3, -0.25) is 14.4 Å². The number of likely N-dealkylation sites (tertiary alicyclic amines) is 1. The Balaban J connectivity index is 1.64. The van der Waals surface area contributed by atoms with Gasteiger partial charge < -0.3 is 15.1 Å². The van der Waals surface area contributed by atoms with E-state index in [4.69, 9.17) is 28.0 Å². The predicted octanol–water partition coefficient (Wildman–Crippen LogP) is 2.72. The van der Waals surface area contributed by atoms with E-state index in [0.717, 1.165) is 18.4 Å². The first kappa shape index (κ1) is 20.6. The van der Waals surface area contributed by atoms with Gasteiger partial charge in [-0.2, -0.15) is 0 Å². The van der Waals surface area contributed by atoms with E-state index in [1.165, 1.54) is 11.8 Å². The first-order valence-electron chi connectivity index (χ1n) is 9.04. The Morgan fingerprint density at radius 2 is 2.00 bits per heavy atom. The molecule has 1 saturated carbocycles. The molecule has 2 fully saturated rings. The molecule has 0 bridgehead atoms. The van der Waals surface area contributed by atoms with Crippen LogP contribution in [0.3, 0.4) is 0 Å². The molecule has 3 rings (SSSR count). The van der Waals surface area contributed by atoms with Crippen LogP contribution in [0.4, 0.5) is 0 Å². The van der Waals surface area contributed by atoms with Crippen molar-refractivity contribution >= 4 is 46.5 Å². The molecular weight excluding hydrogens is 405 g/mol. The van der Waals surface area contributed by atoms with Crippen LogP contribution in [0.25, 0.3) is 0 Å². The van der Waals surface area contributed by atoms with Gasteiger partial charge in [-0.05, 0) is 37.5 Å². The predicted molar refractivity (Wildman–Crippen MR) is 105 cm³/mol. The second-order valence-corrected chi connectivity index (χ2v) is 7.90. The number of nitrogens with one attached hydrogen (secondary N) is 1. The van der Waals surface area contributed by atoms with Crippen LogP contribution >= 0.6 is 23.2 Å². The summed E-state index contributed by atoms with van der Waals surface area (Å²) in [5, 5.41) is 7.88. The highest BCUT2D eigenvalue weighted by Crippen LogP contribution is 2.24. The number of benzene rings is 1. The summed E-state index contributed by atoms with van der Waals surface area (Å²) < 4.78 is 0. The van der Waals surface area contributed by atoms with E-state index in [1.807, 2.05) is 0 Å². The largest absolute Gasteiger partial charge is 0.391 e. The fraction of sp³-hybridized carbons (Fsp3) is 0.474. The zero-order chi connectivity index (χ0) is 20.3. The maximum atomic E-state index is 12.5. The monoisotopic (exact) mass is 425 g/mol. The van der Waals surface area contributed by atoms with Crippen molar-refractivity contribution in [2.45, 2.75) is 51.3 Å². The number of ketones is 1. The van der Waals surface area contributed by atoms with Gasteiger partial charge in [0, 0.05) is 12.5 Å². The topological polar surface area (TPSA) is 88.1 Å². The Morgan fingerprint density at radius 1 is 1.25 bits per heavy atom. The van der Waals surface area contributed by atoms with E-state index >= 15 is 0 Å². The summed E-state index contributed by atoms with van der Waals surface area (Å²) in [7, 11) is 0. The van der Waals surface area contributed by atoms with Gasteiger partial charge in [-0.25, -0.2) is 0 Å². The van der Waals surface area contributed by atoms with Crippen LogP contribution in [0.15, 0.2) is 23.4 Å². The number of amides is 2. The number of carbonyl (C=O) groups excluding carboxylic acids is 3. The van der Waals surface area contributed by atoms with Crippen LogP contribution in [0.5, 0.6) is 0 Å². The highest BCUT2D eigenvalue weighted by molar-refractivity contribution is 6.42. The molecule has 1 aromatic carbocycles. The molecule has 0 aromatic heterocycles. The van der Waals surface area contributed by atoms with E-state index in [0.29, 0.717) is 15.8 Å². The van der Waals surface area contributed by atoms with Crippen LogP contribution in [-0.4, -0.2) is 46.8 Å². The van der Waals surface area contributed by atoms with Crippen molar-refractivity contribution in [2.75, 3.05) is 6.54 Å². The van der Waals surface area contributed by atoms with Crippen molar-refractivity contribution in [2.24, 2.45) is 5.16 Å². The molecule has 9 heteroatoms. The lowest BCUT2D eigenvalue weighted by Crippen LogP contribution is -2.46. The summed E-state index contributed by atoms with van der Waals surface area (Å²) in [4.78, 5) is 43.0. The fourth-order valence-electron chi connectivity index (χ4n) is 2.93. The van der Waals surface area contributed by atoms with E-state index in [-0.39, 0.29) is 49.6 Å². The fourth-order valence-corrected chi connectivity index (χ4v) is 3.25. The van der Waals surface area contributed by atoms with Gasteiger partial charge in [0.15, 0.2) is 0 Å². The van der Waals surface area contributed by atoms with Gasteiger partial charge in [0.1, 0.15) is 18.4 Å². The number of nitrogens with zero attached hydrogens (tertiary/aromatic N) is 2. The number of carbonyl (C=O) groups is 3. The van der Waals surface area contributed by atoms with Gasteiger partial charge in [0.2, 0.25) is 11.8 Å². The lowest BCUT2D eigenvalue weighted by Gasteiger charge is -2.22. The zero-order valence-corrected chi connectivity index (χ0v) is 16.9. The summed E-state index contributed by atoms with van der Waals surface area (Å²) in [5.74, 6) is -0.833. The standard InChI is InChI=1S/C19H21Cl2N3O4/c1-11(25)6-18(26)24-9-14(8-17(24)19(27)22-13-3-4-13)23-28-10-12-2-5-15(20)16(21)7-12/h2,5,7,13,17H,3-4,6,8-10H2,1H3,(H,22,27)/b23-14+. The van der Waals surface area contributed by atoms with Crippen LogP contribution in [-0.2, 0) is 25.8 Å². The molecule has 0 radical (unpaired) electrons. The summed E-state index contributed by atoms with van der Waals surface area (Å²) >= 11 is 11.9. The van der Waals surface area contributed by atoms with Gasteiger partial charge in [0.25, 0.3) is 0 Å². The van der Waals surface area contributed by atoms with E-state index in [9.17, 15) is 14.4 Å². The number of halogens is 2. The van der Waals surface area contributed by atoms with Crippen LogP contribution < -0.4 is 5.32 Å². The van der Waals surface area contributed by atoms with Crippen molar-refractivity contribution in [1.29, 1.82) is 0 Å². The van der Waals surface area contributed by atoms with Crippen LogP contribution in [0, 0.1) is 0 Å². The lowest BCUT2D eigenvalue weighted by atomic mass is 10.2. The Bertz CT molecular complexity index is 823. The van der Waals surface area contributed by atoms with E-state index in [1.54, 1.807) is 18.2 Å². The summed E-state index contributed by atoms with van der Waals surface area (Å²) in [6.45, 7) is 1.69. The van der Waals surface area contributed by atoms with Gasteiger partial charge in [0.05, 0.1) is 28.7 Å². The van der Waals surface area contributed by atoms with Gasteiger partial charge in [-0.15, -0.1) is 0 Å². The number of oxime groups is 1. The quantitative estimate of drug-likeness (QED) is 0.537. The molecule has 2 amide bonds. The highest BCUT2D eigenvalue weighted by atomic mass is 35.5. The molecule has 1 atom stereocenters. The average molecular weight is 426 g/mol. The third kappa shape index (κ3) is 5.45. The van der Waals surface area contributed by atoms with Crippen molar-refractivity contribution in [3.8, 4) is 0 Å². The number of rotatable bonds is 7. The minimum Gasteiger partial charge on any atom is -0.391 e. The maximum Gasteiger partial charge on any atom is 0.243 e. The summed E-state index contributed by atoms with van der Waals surface area (Å²) in [5.41, 5.74) is 1.37. The molecule has 150 valence electrons. The maximum absolute atomic E-state index is 12.5. The van der Waals surface area contributed by atoms with Crippen molar-refractivity contribution in [3.05, 3.63) is 33.8 Å². The molecule has 1 aromatic rings. The van der Waals surface area contributed by atoms with E-state index in [2.05, 4.69) is 10.5 Å². The van der Waals surface area contributed by atoms with Gasteiger partial charge in [-0.1, -0.05) is 34.4 Å². The molecule has 7 nitrogen and oxygen atoms in total. The summed E-state index contributed by atoms with van der Waals surface area (Å²) in [6, 6.07) is 4.65. The summed E-state index contributed by atoms with van der Waals surface area (Å²) in [6.07, 6.45) is 1.95. The van der Waals surface area contributed by atoms with Crippen molar-refractivity contribution in [3.63, 3.8) is 0 Å². The Morgan fingerprint density at radius 3 is 2.64 bits per heavy atom. The van der Waals surface area contributed by atoms with E-state index < -0.39 is 6.04 Å². The van der Waals surface area contributed by atoms with Crippen LogP contribution in [0.1, 0.15) is 38.2 Å². The lowest BCUT2D eigenvalue weighted by molar-refractivity contribution is -0.140. The van der Waals surface area contributed by atoms with Crippen molar-refractivity contribution < 1.29 is 19.2 Å². The normalized spacial score (nSPS) is 20.3. The molecule has 2 aliphatic rings. The molecular formula is C19H21Cl2N3O4. The molecule has 1 heterocycles. The first-order chi connectivity index (χ1) is 13.3. The molecule has 1 saturated heterocycles. The molecule has 1 N–H and O–H groups in total. The smallest absolute Gasteiger partial charge is 0.243 e. The number of hydrogen-bond donors (Lipinski definition) is 1. The molecule has 1 unspecified atom stereocenters. The Hall–Kier alpha value is -2.12. The third-order valence-corrected chi connectivity index (χ3v) is 5.25. The van der Waals surface area contributed by atoms with Gasteiger partial charge >= 0.3 is 0 Å². The second-order valence-electron chi connectivity index (χ2n) is 7.08. The molecule has 1 aliphatic heterocycles. The van der Waals surface area contributed by atoms with Crippen molar-refractivity contribution in [1.82, 2.24) is 10.2 Å². The Kier molecular flexibility index (Phi) is 6.57. The second kappa shape index (κ2) is 8.92. The minimum absolute atomic E-state index is 0.163. The molecule has 0 spiro atoms. The number of Topliss-reactive ketones (excluding diaryl/α,β-unsaturated/α-hetero) is 1. The number of hydrogen-bond acceptors (Lipinski definition) is 5. The first-order valence-corrected chi connectivity index (χ1v) is 9.80. The zero-order valence-electron chi connectivity index (χ0n) is 15.4. The highest BCUT2D eigenvalue weighted by Gasteiger charge is 2.39. The third-order valence-electron chi connectivity index (χ3n) is 4.51. The average Bonchev–Trinajstić information content (AvgIpc) is 3.33. The van der Waals surface area contributed by atoms with Crippen LogP contribution in [0.2, 0.25) is 10.0 Å². The minimum atomic E-state index is -0.667. The molecule has 28 heavy (non-hydrogen) atoms. The molecule has 1 aliphatic carbocycles.